The molecule has 2 aromatic heterocycles. The van der Waals surface area contributed by atoms with Gasteiger partial charge in [-0.05, 0) is 44.2 Å². The molecule has 0 bridgehead atoms. The molecule has 2 N–H and O–H groups in total. The van der Waals surface area contributed by atoms with Crippen LogP contribution < -0.4 is 10.5 Å². The second kappa shape index (κ2) is 9.00. The molecule has 0 spiro atoms. The van der Waals surface area contributed by atoms with Gasteiger partial charge in [-0.15, -0.1) is 0 Å². The van der Waals surface area contributed by atoms with Crippen LogP contribution in [0.2, 0.25) is 0 Å². The quantitative estimate of drug-likeness (QED) is 0.489. The van der Waals surface area contributed by atoms with Crippen molar-refractivity contribution in [3.63, 3.8) is 0 Å². The first-order valence-electron chi connectivity index (χ1n) is 11.6. The number of anilines is 1. The molecule has 1 saturated heterocycles. The number of aliphatic hydroxyl groups is 1. The number of para-hydroxylation sites is 1. The first kappa shape index (κ1) is 22.3. The van der Waals surface area contributed by atoms with E-state index in [1.165, 1.54) is 5.56 Å². The zero-order valence-electron chi connectivity index (χ0n) is 19.7. The summed E-state index contributed by atoms with van der Waals surface area (Å²) in [6, 6.07) is 15.9. The van der Waals surface area contributed by atoms with Crippen molar-refractivity contribution in [2.45, 2.75) is 26.5 Å². The average Bonchev–Trinajstić information content (AvgIpc) is 2.85. The van der Waals surface area contributed by atoms with Crippen molar-refractivity contribution in [3.05, 3.63) is 76.2 Å². The molecule has 174 valence electrons. The van der Waals surface area contributed by atoms with Crippen LogP contribution in [0.25, 0.3) is 33.4 Å². The second-order valence-corrected chi connectivity index (χ2v) is 9.10. The molecule has 0 saturated carbocycles. The van der Waals surface area contributed by atoms with Gasteiger partial charge in [-0.25, -0.2) is 9.97 Å². The lowest BCUT2D eigenvalue weighted by molar-refractivity contribution is 0.233. The van der Waals surface area contributed by atoms with E-state index in [1.807, 2.05) is 30.5 Å². The average molecular weight is 456 g/mol. The molecule has 1 aliphatic rings. The third-order valence-electron chi connectivity index (χ3n) is 6.84. The van der Waals surface area contributed by atoms with Crippen LogP contribution in [0.4, 0.5) is 5.82 Å². The predicted octanol–water partition coefficient (Wildman–Crippen LogP) is 3.59. The number of nitrogens with one attached hydrogen (secondary N) is 1. The van der Waals surface area contributed by atoms with Gasteiger partial charge in [0.25, 0.3) is 5.56 Å². The molecule has 1 atom stereocenters. The van der Waals surface area contributed by atoms with Gasteiger partial charge < -0.3 is 19.9 Å². The number of hydrogen-bond acceptors (Lipinski definition) is 6. The number of aryl methyl sites for hydroxylation is 1. The third kappa shape index (κ3) is 4.08. The Morgan fingerprint density at radius 1 is 1.12 bits per heavy atom. The van der Waals surface area contributed by atoms with Crippen molar-refractivity contribution in [1.29, 1.82) is 0 Å². The molecule has 3 heterocycles. The van der Waals surface area contributed by atoms with Crippen LogP contribution in [0.1, 0.15) is 18.1 Å². The minimum Gasteiger partial charge on any atom is -0.392 e. The number of benzene rings is 2. The number of hydrogen-bond donors (Lipinski definition) is 2. The normalized spacial score (nSPS) is 16.8. The van der Waals surface area contributed by atoms with E-state index < -0.39 is 0 Å². The van der Waals surface area contributed by atoms with Gasteiger partial charge >= 0.3 is 0 Å². The molecular weight excluding hydrogens is 426 g/mol. The Hall–Kier alpha value is -3.55. The topological polar surface area (TPSA) is 85.3 Å². The van der Waals surface area contributed by atoms with Crippen LogP contribution in [-0.2, 0) is 6.61 Å². The summed E-state index contributed by atoms with van der Waals surface area (Å²) in [6.07, 6.45) is 1.95. The lowest BCUT2D eigenvalue weighted by Crippen LogP contribution is -2.50. The number of pyridine rings is 1. The molecule has 0 unspecified atom stereocenters. The fraction of sp³-hybridized carbons (Fsp3) is 0.296. The van der Waals surface area contributed by atoms with E-state index in [1.54, 1.807) is 18.2 Å². The number of aliphatic hydroxyl groups excluding tert-OH is 1. The highest BCUT2D eigenvalue weighted by atomic mass is 16.3. The molecule has 5 rings (SSSR count). The van der Waals surface area contributed by atoms with Crippen molar-refractivity contribution in [2.24, 2.45) is 0 Å². The van der Waals surface area contributed by atoms with E-state index in [2.05, 4.69) is 46.7 Å². The second-order valence-electron chi connectivity index (χ2n) is 9.10. The lowest BCUT2D eigenvalue weighted by Gasteiger charge is -2.38. The molecule has 0 amide bonds. The van der Waals surface area contributed by atoms with Crippen molar-refractivity contribution in [3.8, 4) is 22.5 Å². The van der Waals surface area contributed by atoms with Gasteiger partial charge in [0.1, 0.15) is 11.6 Å². The van der Waals surface area contributed by atoms with Crippen molar-refractivity contribution < 1.29 is 5.11 Å². The van der Waals surface area contributed by atoms with Crippen LogP contribution >= 0.6 is 0 Å². The molecular formula is C27H29N5O2. The van der Waals surface area contributed by atoms with Gasteiger partial charge in [0.05, 0.1) is 17.5 Å². The lowest BCUT2D eigenvalue weighted by atomic mass is 10.0. The Labute approximate surface area is 198 Å². The van der Waals surface area contributed by atoms with Crippen LogP contribution in [0, 0.1) is 6.92 Å². The third-order valence-corrected chi connectivity index (χ3v) is 6.84. The fourth-order valence-corrected chi connectivity index (χ4v) is 4.57. The van der Waals surface area contributed by atoms with Gasteiger partial charge in [0.2, 0.25) is 0 Å². The van der Waals surface area contributed by atoms with E-state index in [4.69, 9.17) is 4.98 Å². The molecule has 1 fully saturated rings. The highest BCUT2D eigenvalue weighted by molar-refractivity contribution is 5.82. The minimum absolute atomic E-state index is 0.165. The molecule has 1 aliphatic heterocycles. The Bertz CT molecular complexity index is 1400. The Balaban J connectivity index is 1.43. The smallest absolute Gasteiger partial charge is 0.259 e. The fourth-order valence-electron chi connectivity index (χ4n) is 4.57. The van der Waals surface area contributed by atoms with E-state index >= 15 is 0 Å². The highest BCUT2D eigenvalue weighted by Gasteiger charge is 2.22. The van der Waals surface area contributed by atoms with E-state index in [0.717, 1.165) is 42.1 Å². The number of fused-ring (bicyclic) bond motifs is 1. The molecule has 4 aromatic rings. The summed E-state index contributed by atoms with van der Waals surface area (Å²) >= 11 is 0. The number of nitrogens with zero attached hydrogens (tertiary/aromatic N) is 4. The summed E-state index contributed by atoms with van der Waals surface area (Å²) in [7, 11) is 2.17. The molecule has 2 aromatic carbocycles. The standard InChI is InChI=1S/C27H29N5O2/c1-17-13-24(32-12-11-31(3)18(2)15-32)28-14-23(17)19-7-9-20(10-8-19)26-29-25-21(16-33)5-4-6-22(25)27(34)30-26/h4-10,13-14,18,33H,11-12,15-16H2,1-3H3,(H,29,30,34)/t18-/m0/s1. The summed E-state index contributed by atoms with van der Waals surface area (Å²) < 4.78 is 0. The largest absolute Gasteiger partial charge is 0.392 e. The molecule has 34 heavy (non-hydrogen) atoms. The first-order chi connectivity index (χ1) is 16.4. The molecule has 0 radical (unpaired) electrons. The van der Waals surface area contributed by atoms with Crippen LogP contribution in [0.3, 0.4) is 0 Å². The van der Waals surface area contributed by atoms with Crippen LogP contribution in [-0.4, -0.2) is 57.7 Å². The molecule has 0 aliphatic carbocycles. The maximum atomic E-state index is 12.6. The summed E-state index contributed by atoms with van der Waals surface area (Å²) in [4.78, 5) is 29.6. The number of H-pyrrole nitrogens is 1. The number of aromatic amines is 1. The molecule has 7 heteroatoms. The van der Waals surface area contributed by atoms with E-state index in [0.29, 0.717) is 28.3 Å². The van der Waals surface area contributed by atoms with Gasteiger partial charge in [0, 0.05) is 48.6 Å². The number of aromatic nitrogens is 3. The Kier molecular flexibility index (Phi) is 5.89. The summed E-state index contributed by atoms with van der Waals surface area (Å²) in [5.41, 5.74) is 5.08. The van der Waals surface area contributed by atoms with E-state index in [9.17, 15) is 9.90 Å². The SMILES string of the molecule is Cc1cc(N2CCN(C)[C@@H](C)C2)ncc1-c1ccc(-c2nc3c(CO)cccc3c(=O)[nH]2)cc1. The zero-order valence-corrected chi connectivity index (χ0v) is 19.7. The van der Waals surface area contributed by atoms with Gasteiger partial charge in [-0.1, -0.05) is 36.4 Å². The van der Waals surface area contributed by atoms with Gasteiger partial charge in [-0.2, -0.15) is 0 Å². The van der Waals surface area contributed by atoms with Gasteiger partial charge in [-0.3, -0.25) is 4.79 Å². The summed E-state index contributed by atoms with van der Waals surface area (Å²) in [5, 5.41) is 10.1. The Morgan fingerprint density at radius 3 is 2.59 bits per heavy atom. The zero-order chi connectivity index (χ0) is 23.8. The summed E-state index contributed by atoms with van der Waals surface area (Å²) in [6.45, 7) is 7.20. The van der Waals surface area contributed by atoms with Gasteiger partial charge in [0.15, 0.2) is 0 Å². The minimum atomic E-state index is -0.215. The maximum Gasteiger partial charge on any atom is 0.259 e. The van der Waals surface area contributed by atoms with Crippen LogP contribution in [0.5, 0.6) is 0 Å². The maximum absolute atomic E-state index is 12.6. The summed E-state index contributed by atoms with van der Waals surface area (Å²) in [5.74, 6) is 1.51. The molecule has 7 nitrogen and oxygen atoms in total. The van der Waals surface area contributed by atoms with Crippen molar-refractivity contribution in [2.75, 3.05) is 31.6 Å². The first-order valence-corrected chi connectivity index (χ1v) is 11.6. The van der Waals surface area contributed by atoms with Crippen LogP contribution in [0.15, 0.2) is 59.5 Å². The van der Waals surface area contributed by atoms with Crippen molar-refractivity contribution >= 4 is 16.7 Å². The predicted molar refractivity (Wildman–Crippen MR) is 136 cm³/mol. The number of likely N-dealkylation sites (N-methyl/N-ethyl adjacent to an activating group) is 1. The monoisotopic (exact) mass is 455 g/mol. The van der Waals surface area contributed by atoms with Crippen molar-refractivity contribution in [1.82, 2.24) is 19.9 Å². The number of piperazine rings is 1. The number of rotatable bonds is 4. The highest BCUT2D eigenvalue weighted by Crippen LogP contribution is 2.28. The Morgan fingerprint density at radius 2 is 1.88 bits per heavy atom. The van der Waals surface area contributed by atoms with E-state index in [-0.39, 0.29) is 12.2 Å².